The number of fused-ring (bicyclic) bond motifs is 2. The number of aryl methyl sites for hydroxylation is 3. The zero-order chi connectivity index (χ0) is 16.7. The van der Waals surface area contributed by atoms with Crippen molar-refractivity contribution < 1.29 is 0 Å². The Morgan fingerprint density at radius 3 is 2.62 bits per heavy atom. The number of nitrogens with one attached hydrogen (secondary N) is 1. The zero-order valence-corrected chi connectivity index (χ0v) is 14.9. The lowest BCUT2D eigenvalue weighted by molar-refractivity contribution is 0.967. The van der Waals surface area contributed by atoms with Crippen LogP contribution in [0.2, 0.25) is 0 Å². The normalized spacial score (nSPS) is 11.3. The van der Waals surface area contributed by atoms with E-state index in [4.69, 9.17) is 9.97 Å². The lowest BCUT2D eigenvalue weighted by atomic mass is 10.1. The number of hydrogen-bond donors (Lipinski definition) is 1. The summed E-state index contributed by atoms with van der Waals surface area (Å²) in [5.74, 6) is 1.79. The maximum absolute atomic E-state index is 4.78. The predicted molar refractivity (Wildman–Crippen MR) is 103 cm³/mol. The minimum Gasteiger partial charge on any atom is -0.339 e. The molecule has 0 atom stereocenters. The molecule has 0 spiro atoms. The smallest absolute Gasteiger partial charge is 0.143 e. The van der Waals surface area contributed by atoms with Crippen molar-refractivity contribution in [3.63, 3.8) is 0 Å². The predicted octanol–water partition coefficient (Wildman–Crippen LogP) is 5.77. The van der Waals surface area contributed by atoms with Gasteiger partial charge in [-0.3, -0.25) is 0 Å². The molecule has 4 aromatic rings. The van der Waals surface area contributed by atoms with E-state index in [0.29, 0.717) is 0 Å². The third kappa shape index (κ3) is 2.43. The summed E-state index contributed by atoms with van der Waals surface area (Å²) in [5.41, 5.74) is 2.35. The minimum absolute atomic E-state index is 0.830. The molecule has 0 fully saturated rings. The van der Waals surface area contributed by atoms with E-state index in [9.17, 15) is 0 Å². The summed E-state index contributed by atoms with van der Waals surface area (Å²) in [4.78, 5) is 11.9. The van der Waals surface area contributed by atoms with E-state index in [1.807, 2.05) is 0 Å². The van der Waals surface area contributed by atoms with Crippen LogP contribution in [0.15, 0.2) is 42.5 Å². The van der Waals surface area contributed by atoms with Gasteiger partial charge in [0.2, 0.25) is 0 Å². The lowest BCUT2D eigenvalue weighted by Crippen LogP contribution is -2.00. The molecule has 4 rings (SSSR count). The van der Waals surface area contributed by atoms with E-state index >= 15 is 0 Å². The second-order valence-electron chi connectivity index (χ2n) is 5.96. The van der Waals surface area contributed by atoms with Gasteiger partial charge in [-0.25, -0.2) is 9.97 Å². The molecule has 2 aromatic carbocycles. The third-order valence-corrected chi connectivity index (χ3v) is 5.54. The van der Waals surface area contributed by atoms with Crippen LogP contribution in [0.3, 0.4) is 0 Å². The molecule has 0 saturated heterocycles. The summed E-state index contributed by atoms with van der Waals surface area (Å²) in [6.07, 6.45) is 0.830. The Labute approximate surface area is 145 Å². The summed E-state index contributed by atoms with van der Waals surface area (Å²) < 4.78 is 0. The second-order valence-corrected chi connectivity index (χ2v) is 7.16. The number of rotatable bonds is 3. The molecule has 0 aliphatic rings. The highest BCUT2D eigenvalue weighted by atomic mass is 32.1. The Kier molecular flexibility index (Phi) is 3.69. The van der Waals surface area contributed by atoms with Crippen LogP contribution in [0.25, 0.3) is 21.0 Å². The van der Waals surface area contributed by atoms with Crippen molar-refractivity contribution in [2.75, 3.05) is 5.32 Å². The highest BCUT2D eigenvalue weighted by molar-refractivity contribution is 7.18. The molecular formula is C20H19N3S. The van der Waals surface area contributed by atoms with Crippen LogP contribution in [0.1, 0.15) is 23.2 Å². The van der Waals surface area contributed by atoms with Gasteiger partial charge in [-0.2, -0.15) is 0 Å². The minimum atomic E-state index is 0.830. The van der Waals surface area contributed by atoms with E-state index < -0.39 is 0 Å². The third-order valence-electron chi connectivity index (χ3n) is 4.43. The van der Waals surface area contributed by atoms with Crippen LogP contribution in [0.5, 0.6) is 0 Å². The molecule has 0 aliphatic heterocycles. The first-order chi connectivity index (χ1) is 11.7. The molecule has 0 aliphatic carbocycles. The molecule has 0 saturated carbocycles. The van der Waals surface area contributed by atoms with E-state index in [1.165, 1.54) is 21.2 Å². The van der Waals surface area contributed by atoms with Crippen molar-refractivity contribution in [3.05, 3.63) is 58.7 Å². The van der Waals surface area contributed by atoms with Crippen molar-refractivity contribution in [1.29, 1.82) is 0 Å². The van der Waals surface area contributed by atoms with Crippen LogP contribution >= 0.6 is 11.3 Å². The molecule has 24 heavy (non-hydrogen) atoms. The first-order valence-corrected chi connectivity index (χ1v) is 9.00. The number of hydrogen-bond acceptors (Lipinski definition) is 4. The zero-order valence-electron chi connectivity index (χ0n) is 14.1. The number of thiophene rings is 1. The van der Waals surface area contributed by atoms with Gasteiger partial charge in [0.1, 0.15) is 16.5 Å². The van der Waals surface area contributed by atoms with Crippen LogP contribution in [-0.4, -0.2) is 9.97 Å². The fourth-order valence-electron chi connectivity index (χ4n) is 3.00. The van der Waals surface area contributed by atoms with Gasteiger partial charge in [-0.05, 0) is 30.9 Å². The number of anilines is 2. The first-order valence-electron chi connectivity index (χ1n) is 8.18. The molecule has 0 bridgehead atoms. The molecule has 120 valence electrons. The van der Waals surface area contributed by atoms with Crippen LogP contribution in [0, 0.1) is 13.8 Å². The monoisotopic (exact) mass is 333 g/mol. The second kappa shape index (κ2) is 5.87. The standard InChI is InChI=1S/C20H19N3S/c1-4-17-22-19(18-12(2)13(3)24-20(18)23-17)21-16-11-7-9-14-8-5-6-10-15(14)16/h5-11H,4H2,1-3H3,(H,21,22,23). The van der Waals surface area contributed by atoms with Gasteiger partial charge in [-0.15, -0.1) is 11.3 Å². The van der Waals surface area contributed by atoms with E-state index in [1.54, 1.807) is 11.3 Å². The quantitative estimate of drug-likeness (QED) is 0.517. The summed E-state index contributed by atoms with van der Waals surface area (Å²) in [7, 11) is 0. The van der Waals surface area contributed by atoms with Crippen LogP contribution in [-0.2, 0) is 6.42 Å². The summed E-state index contributed by atoms with van der Waals surface area (Å²) >= 11 is 1.75. The fraction of sp³-hybridized carbons (Fsp3) is 0.200. The molecule has 0 unspecified atom stereocenters. The van der Waals surface area contributed by atoms with E-state index in [2.05, 4.69) is 68.6 Å². The van der Waals surface area contributed by atoms with Crippen LogP contribution in [0.4, 0.5) is 11.5 Å². The molecular weight excluding hydrogens is 314 g/mol. The molecule has 0 amide bonds. The van der Waals surface area contributed by atoms with Crippen molar-refractivity contribution in [3.8, 4) is 0 Å². The van der Waals surface area contributed by atoms with Gasteiger partial charge in [-0.1, -0.05) is 43.3 Å². The van der Waals surface area contributed by atoms with Crippen molar-refractivity contribution in [2.24, 2.45) is 0 Å². The Morgan fingerprint density at radius 2 is 1.79 bits per heavy atom. The van der Waals surface area contributed by atoms with Gasteiger partial charge >= 0.3 is 0 Å². The summed E-state index contributed by atoms with van der Waals surface area (Å²) in [5, 5.41) is 7.14. The van der Waals surface area contributed by atoms with Crippen molar-refractivity contribution >= 4 is 43.8 Å². The Morgan fingerprint density at radius 1 is 1.00 bits per heavy atom. The molecule has 3 nitrogen and oxygen atoms in total. The first kappa shape index (κ1) is 15.1. The number of nitrogens with zero attached hydrogens (tertiary/aromatic N) is 2. The average Bonchev–Trinajstić information content (AvgIpc) is 2.89. The Balaban J connectivity index is 1.92. The Bertz CT molecular complexity index is 1040. The highest BCUT2D eigenvalue weighted by Gasteiger charge is 2.15. The maximum Gasteiger partial charge on any atom is 0.143 e. The maximum atomic E-state index is 4.78. The topological polar surface area (TPSA) is 37.8 Å². The molecule has 2 aromatic heterocycles. The highest BCUT2D eigenvalue weighted by Crippen LogP contribution is 2.35. The van der Waals surface area contributed by atoms with E-state index in [-0.39, 0.29) is 0 Å². The average molecular weight is 333 g/mol. The summed E-state index contributed by atoms with van der Waals surface area (Å²) in [6.45, 7) is 6.39. The number of benzene rings is 2. The fourth-order valence-corrected chi connectivity index (χ4v) is 4.05. The number of aromatic nitrogens is 2. The summed E-state index contributed by atoms with van der Waals surface area (Å²) in [6, 6.07) is 14.7. The van der Waals surface area contributed by atoms with Crippen LogP contribution < -0.4 is 5.32 Å². The van der Waals surface area contributed by atoms with E-state index in [0.717, 1.165) is 34.0 Å². The Hall–Kier alpha value is -2.46. The van der Waals surface area contributed by atoms with Crippen molar-refractivity contribution in [2.45, 2.75) is 27.2 Å². The van der Waals surface area contributed by atoms with Crippen molar-refractivity contribution in [1.82, 2.24) is 9.97 Å². The van der Waals surface area contributed by atoms with Gasteiger partial charge in [0.25, 0.3) is 0 Å². The molecule has 4 heteroatoms. The molecule has 2 heterocycles. The molecule has 0 radical (unpaired) electrons. The van der Waals surface area contributed by atoms with Gasteiger partial charge < -0.3 is 5.32 Å². The SMILES string of the molecule is CCc1nc(Nc2cccc3ccccc23)c2c(C)c(C)sc2n1. The van der Waals surface area contributed by atoms with Gasteiger partial charge in [0.05, 0.1) is 5.39 Å². The lowest BCUT2D eigenvalue weighted by Gasteiger charge is -2.11. The van der Waals surface area contributed by atoms with Gasteiger partial charge in [0.15, 0.2) is 0 Å². The largest absolute Gasteiger partial charge is 0.339 e. The van der Waals surface area contributed by atoms with Gasteiger partial charge in [0, 0.05) is 22.4 Å². The molecule has 1 N–H and O–H groups in total.